The molecule has 0 heterocycles. The van der Waals surface area contributed by atoms with Gasteiger partial charge in [-0.05, 0) is 66.6 Å². The van der Waals surface area contributed by atoms with E-state index in [1.54, 1.807) is 52.0 Å². The second kappa shape index (κ2) is 17.7. The van der Waals surface area contributed by atoms with Crippen LogP contribution >= 0.6 is 0 Å². The number of fused-ring (bicyclic) bond motifs is 3. The Balaban J connectivity index is 1.35. The minimum atomic E-state index is -0.961. The Labute approximate surface area is 294 Å². The van der Waals surface area contributed by atoms with E-state index in [9.17, 15) is 19.2 Å². The number of nitrogens with one attached hydrogen (secondary N) is 3. The van der Waals surface area contributed by atoms with Gasteiger partial charge in [0, 0.05) is 24.4 Å². The lowest BCUT2D eigenvalue weighted by Crippen LogP contribution is -2.53. The van der Waals surface area contributed by atoms with Crippen LogP contribution in [0.25, 0.3) is 11.1 Å². The van der Waals surface area contributed by atoms with Crippen molar-refractivity contribution >= 4 is 29.8 Å². The van der Waals surface area contributed by atoms with Crippen molar-refractivity contribution in [3.05, 3.63) is 89.5 Å². The summed E-state index contributed by atoms with van der Waals surface area (Å²) in [5.74, 6) is -0.748. The Morgan fingerprint density at radius 2 is 1.40 bits per heavy atom. The van der Waals surface area contributed by atoms with Gasteiger partial charge in [0.25, 0.3) is 0 Å². The zero-order valence-corrected chi connectivity index (χ0v) is 29.7. The van der Waals surface area contributed by atoms with Crippen LogP contribution < -0.4 is 16.0 Å². The normalized spacial score (nSPS) is 13.4. The van der Waals surface area contributed by atoms with Crippen LogP contribution in [-0.2, 0) is 35.0 Å². The molecule has 0 aromatic heterocycles. The average molecular weight is 688 g/mol. The topological polar surface area (TPSA) is 141 Å². The Morgan fingerprint density at radius 1 is 0.780 bits per heavy atom. The fraction of sp³-hybridized carbons (Fsp3) is 0.436. The van der Waals surface area contributed by atoms with E-state index in [1.807, 2.05) is 38.1 Å². The van der Waals surface area contributed by atoms with Crippen LogP contribution in [0.1, 0.15) is 70.6 Å². The lowest BCUT2D eigenvalue weighted by molar-refractivity contribution is -0.144. The molecule has 0 radical (unpaired) electrons. The summed E-state index contributed by atoms with van der Waals surface area (Å²) < 4.78 is 21.8. The molecule has 0 aliphatic heterocycles. The summed E-state index contributed by atoms with van der Waals surface area (Å²) in [5.41, 5.74) is 5.08. The highest BCUT2D eigenvalue weighted by Gasteiger charge is 2.30. The molecule has 50 heavy (non-hydrogen) atoms. The monoisotopic (exact) mass is 687 g/mol. The third-order valence-corrected chi connectivity index (χ3v) is 8.20. The zero-order chi connectivity index (χ0) is 36.3. The quantitative estimate of drug-likeness (QED) is 0.0923. The molecule has 0 bridgehead atoms. The van der Waals surface area contributed by atoms with Gasteiger partial charge in [0.05, 0.1) is 19.3 Å². The molecule has 3 amide bonds. The van der Waals surface area contributed by atoms with Crippen LogP contribution in [0, 0.1) is 5.92 Å². The van der Waals surface area contributed by atoms with Gasteiger partial charge in [-0.15, -0.1) is 0 Å². The van der Waals surface area contributed by atoms with E-state index < -0.39 is 29.7 Å². The molecule has 268 valence electrons. The number of ether oxygens (including phenoxy) is 4. The van der Waals surface area contributed by atoms with E-state index >= 15 is 0 Å². The van der Waals surface area contributed by atoms with Gasteiger partial charge in [0.1, 0.15) is 24.9 Å². The molecular weight excluding hydrogens is 638 g/mol. The van der Waals surface area contributed by atoms with E-state index in [0.29, 0.717) is 5.69 Å². The molecule has 11 nitrogen and oxygen atoms in total. The number of anilines is 1. The maximum absolute atomic E-state index is 13.5. The van der Waals surface area contributed by atoms with Gasteiger partial charge in [0.15, 0.2) is 0 Å². The zero-order valence-electron chi connectivity index (χ0n) is 29.7. The number of hydrogen-bond donors (Lipinski definition) is 3. The van der Waals surface area contributed by atoms with Crippen molar-refractivity contribution in [2.45, 2.75) is 78.0 Å². The first kappa shape index (κ1) is 37.9. The van der Waals surface area contributed by atoms with Crippen molar-refractivity contribution in [3.8, 4) is 11.1 Å². The van der Waals surface area contributed by atoms with Crippen molar-refractivity contribution in [2.75, 3.05) is 31.7 Å². The summed E-state index contributed by atoms with van der Waals surface area (Å²) in [6.07, 6.45) is -0.848. The van der Waals surface area contributed by atoms with Gasteiger partial charge in [-0.25, -0.2) is 9.59 Å². The third-order valence-electron chi connectivity index (χ3n) is 8.20. The first-order chi connectivity index (χ1) is 23.8. The molecule has 3 aromatic rings. The molecule has 0 saturated heterocycles. The van der Waals surface area contributed by atoms with Crippen molar-refractivity contribution in [2.24, 2.45) is 5.92 Å². The number of alkyl carbamates (subject to hydrolysis) is 1. The number of carbonyl (C=O) groups is 4. The molecule has 3 aromatic carbocycles. The van der Waals surface area contributed by atoms with Crippen LogP contribution in [-0.4, -0.2) is 68.2 Å². The fourth-order valence-electron chi connectivity index (χ4n) is 5.58. The van der Waals surface area contributed by atoms with E-state index in [-0.39, 0.29) is 63.1 Å². The molecule has 3 N–H and O–H groups in total. The Morgan fingerprint density at radius 3 is 1.98 bits per heavy atom. The Kier molecular flexibility index (Phi) is 13.4. The van der Waals surface area contributed by atoms with Crippen molar-refractivity contribution < 1.29 is 38.1 Å². The van der Waals surface area contributed by atoms with Crippen LogP contribution in [0.4, 0.5) is 15.3 Å². The molecule has 2 unspecified atom stereocenters. The first-order valence-corrected chi connectivity index (χ1v) is 17.1. The number of amides is 3. The van der Waals surface area contributed by atoms with Crippen molar-refractivity contribution in [1.29, 1.82) is 0 Å². The first-order valence-electron chi connectivity index (χ1n) is 17.1. The smallest absolute Gasteiger partial charge is 0.411 e. The molecular formula is C39H49N3O8. The summed E-state index contributed by atoms with van der Waals surface area (Å²) in [4.78, 5) is 50.5. The number of benzene rings is 3. The maximum Gasteiger partial charge on any atom is 0.411 e. The van der Waals surface area contributed by atoms with E-state index in [2.05, 4.69) is 40.2 Å². The number of esters is 1. The summed E-state index contributed by atoms with van der Waals surface area (Å²) in [6.45, 7) is 11.6. The van der Waals surface area contributed by atoms with Gasteiger partial charge in [0.2, 0.25) is 5.91 Å². The Hall–Kier alpha value is -4.90. The van der Waals surface area contributed by atoms with E-state index in [1.165, 1.54) is 0 Å². The lowest BCUT2D eigenvalue weighted by atomic mass is 9.98. The highest BCUT2D eigenvalue weighted by molar-refractivity contribution is 5.87. The molecule has 4 rings (SSSR count). The van der Waals surface area contributed by atoms with Gasteiger partial charge >= 0.3 is 18.2 Å². The van der Waals surface area contributed by atoms with Gasteiger partial charge in [-0.3, -0.25) is 14.9 Å². The number of hydrogen-bond acceptors (Lipinski definition) is 8. The minimum Gasteiger partial charge on any atom is -0.463 e. The van der Waals surface area contributed by atoms with Crippen LogP contribution in [0.5, 0.6) is 0 Å². The van der Waals surface area contributed by atoms with E-state index in [4.69, 9.17) is 18.9 Å². The highest BCUT2D eigenvalue weighted by Crippen LogP contribution is 2.44. The predicted octanol–water partition coefficient (Wildman–Crippen LogP) is 6.59. The standard InChI is InChI=1S/C39H49N3O8/c1-7-35(43)48-21-20-47-24-34(25(2)3)41-36(44)33(42-38(46)50-39(4,5)6)22-26-16-18-27(19-17-26)40-37(45)49-23-32-30-14-10-8-12-28(30)29-13-9-11-15-31(29)32/h8-19,25,32-34H,7,20-24H2,1-6H3,(H,40,45)(H,41,44)(H,42,46). The summed E-state index contributed by atoms with van der Waals surface area (Å²) in [6, 6.07) is 22.0. The van der Waals surface area contributed by atoms with Crippen LogP contribution in [0.3, 0.4) is 0 Å². The summed E-state index contributed by atoms with van der Waals surface area (Å²) >= 11 is 0. The second-order valence-electron chi connectivity index (χ2n) is 13.6. The second-order valence-corrected chi connectivity index (χ2v) is 13.6. The predicted molar refractivity (Wildman–Crippen MR) is 191 cm³/mol. The fourth-order valence-corrected chi connectivity index (χ4v) is 5.58. The lowest BCUT2D eigenvalue weighted by Gasteiger charge is -2.27. The molecule has 11 heteroatoms. The minimum absolute atomic E-state index is 0.0163. The molecule has 1 aliphatic carbocycles. The number of rotatable bonds is 15. The van der Waals surface area contributed by atoms with Gasteiger partial charge < -0.3 is 29.6 Å². The molecule has 2 atom stereocenters. The largest absolute Gasteiger partial charge is 0.463 e. The maximum atomic E-state index is 13.5. The van der Waals surface area contributed by atoms with Crippen LogP contribution in [0.15, 0.2) is 72.8 Å². The van der Waals surface area contributed by atoms with Crippen LogP contribution in [0.2, 0.25) is 0 Å². The third kappa shape index (κ3) is 11.1. The average Bonchev–Trinajstić information content (AvgIpc) is 3.39. The molecule has 0 saturated carbocycles. The van der Waals surface area contributed by atoms with Crippen molar-refractivity contribution in [1.82, 2.24) is 10.6 Å². The summed E-state index contributed by atoms with van der Waals surface area (Å²) in [7, 11) is 0. The van der Waals surface area contributed by atoms with Gasteiger partial charge in [-0.1, -0.05) is 81.4 Å². The number of carbonyl (C=O) groups excluding carboxylic acids is 4. The molecule has 0 spiro atoms. The van der Waals surface area contributed by atoms with Crippen molar-refractivity contribution in [3.63, 3.8) is 0 Å². The van der Waals surface area contributed by atoms with E-state index in [0.717, 1.165) is 27.8 Å². The Bertz CT molecular complexity index is 1570. The highest BCUT2D eigenvalue weighted by atomic mass is 16.6. The molecule has 0 fully saturated rings. The summed E-state index contributed by atoms with van der Waals surface area (Å²) in [5, 5.41) is 8.47. The van der Waals surface area contributed by atoms with Gasteiger partial charge in [-0.2, -0.15) is 0 Å². The molecule has 1 aliphatic rings. The SMILES string of the molecule is CCC(=O)OCCOCC(NC(=O)C(Cc1ccc(NC(=O)OCC2c3ccccc3-c3ccccc32)cc1)NC(=O)OC(C)(C)C)C(C)C.